The maximum Gasteiger partial charge on any atom is 0.255 e. The summed E-state index contributed by atoms with van der Waals surface area (Å²) in [5.74, 6) is -0.672. The fourth-order valence-corrected chi connectivity index (χ4v) is 1.42. The topological polar surface area (TPSA) is 33.2 Å². The second-order valence-corrected chi connectivity index (χ2v) is 3.80. The number of pyridine rings is 1. The zero-order valence-electron chi connectivity index (χ0n) is 9.74. The summed E-state index contributed by atoms with van der Waals surface area (Å²) >= 11 is 0. The van der Waals surface area contributed by atoms with E-state index in [1.54, 1.807) is 11.9 Å². The average Bonchev–Trinajstić information content (AvgIpc) is 2.29. The molecule has 1 rings (SSSR count). The van der Waals surface area contributed by atoms with E-state index in [1.807, 2.05) is 0 Å². The first-order valence-electron chi connectivity index (χ1n) is 5.52. The molecule has 1 aromatic rings. The summed E-state index contributed by atoms with van der Waals surface area (Å²) in [6, 6.07) is 2.66. The number of hydrogen-bond donors (Lipinski definition) is 0. The third-order valence-corrected chi connectivity index (χ3v) is 2.42. The van der Waals surface area contributed by atoms with Gasteiger partial charge in [0, 0.05) is 19.8 Å². The van der Waals surface area contributed by atoms with Crippen molar-refractivity contribution in [2.45, 2.75) is 26.2 Å². The van der Waals surface area contributed by atoms with E-state index in [-0.39, 0.29) is 5.91 Å². The first kappa shape index (κ1) is 12.6. The summed E-state index contributed by atoms with van der Waals surface area (Å²) < 4.78 is 12.6. The Hall–Kier alpha value is -1.45. The number of rotatable bonds is 5. The number of hydrogen-bond acceptors (Lipinski definition) is 2. The van der Waals surface area contributed by atoms with Crippen LogP contribution in [0.15, 0.2) is 18.3 Å². The Morgan fingerprint density at radius 3 is 2.75 bits per heavy atom. The van der Waals surface area contributed by atoms with Gasteiger partial charge in [-0.2, -0.15) is 4.39 Å². The molecule has 0 aliphatic rings. The fraction of sp³-hybridized carbons (Fsp3) is 0.500. The molecule has 0 fully saturated rings. The van der Waals surface area contributed by atoms with Crippen molar-refractivity contribution in [3.63, 3.8) is 0 Å². The zero-order valence-corrected chi connectivity index (χ0v) is 9.74. The average molecular weight is 224 g/mol. The number of amides is 1. The molecule has 0 unspecified atom stereocenters. The van der Waals surface area contributed by atoms with E-state index >= 15 is 0 Å². The fourth-order valence-electron chi connectivity index (χ4n) is 1.42. The van der Waals surface area contributed by atoms with Crippen LogP contribution < -0.4 is 0 Å². The number of carbonyl (C=O) groups excluding carboxylic acids is 1. The van der Waals surface area contributed by atoms with Gasteiger partial charge in [-0.25, -0.2) is 4.98 Å². The van der Waals surface area contributed by atoms with Gasteiger partial charge in [0.1, 0.15) is 0 Å². The van der Waals surface area contributed by atoms with Gasteiger partial charge in [-0.15, -0.1) is 0 Å². The third-order valence-electron chi connectivity index (χ3n) is 2.42. The highest BCUT2D eigenvalue weighted by Crippen LogP contribution is 2.04. The Morgan fingerprint density at radius 1 is 1.44 bits per heavy atom. The molecule has 0 saturated heterocycles. The molecule has 1 aromatic heterocycles. The van der Waals surface area contributed by atoms with E-state index in [9.17, 15) is 9.18 Å². The van der Waals surface area contributed by atoms with Crippen molar-refractivity contribution in [3.05, 3.63) is 29.8 Å². The molecule has 0 spiro atoms. The molecule has 0 saturated carbocycles. The molecule has 0 bridgehead atoms. The molecule has 0 aromatic carbocycles. The predicted octanol–water partition coefficient (Wildman–Crippen LogP) is 2.48. The standard InChI is InChI=1S/C12H17FN2O/c1-3-4-5-8-15(2)12(16)10-6-7-11(13)14-9-10/h6-7,9H,3-5,8H2,1-2H3. The minimum absolute atomic E-state index is 0.108. The number of nitrogens with zero attached hydrogens (tertiary/aromatic N) is 2. The van der Waals surface area contributed by atoms with Crippen LogP contribution in [0.3, 0.4) is 0 Å². The van der Waals surface area contributed by atoms with Gasteiger partial charge in [0.05, 0.1) is 5.56 Å². The highest BCUT2D eigenvalue weighted by molar-refractivity contribution is 5.93. The van der Waals surface area contributed by atoms with Crippen molar-refractivity contribution in [3.8, 4) is 0 Å². The van der Waals surface area contributed by atoms with Gasteiger partial charge in [-0.05, 0) is 18.6 Å². The Bertz CT molecular complexity index is 337. The largest absolute Gasteiger partial charge is 0.342 e. The van der Waals surface area contributed by atoms with Crippen LogP contribution in [-0.2, 0) is 0 Å². The maximum absolute atomic E-state index is 12.6. The summed E-state index contributed by atoms with van der Waals surface area (Å²) in [5, 5.41) is 0. The monoisotopic (exact) mass is 224 g/mol. The van der Waals surface area contributed by atoms with Crippen LogP contribution in [0.2, 0.25) is 0 Å². The molecular weight excluding hydrogens is 207 g/mol. The van der Waals surface area contributed by atoms with Crippen molar-refractivity contribution >= 4 is 5.91 Å². The van der Waals surface area contributed by atoms with Crippen molar-refractivity contribution in [2.24, 2.45) is 0 Å². The van der Waals surface area contributed by atoms with Crippen LogP contribution in [0.4, 0.5) is 4.39 Å². The molecule has 16 heavy (non-hydrogen) atoms. The van der Waals surface area contributed by atoms with Crippen LogP contribution >= 0.6 is 0 Å². The molecule has 0 aliphatic carbocycles. The molecule has 0 N–H and O–H groups in total. The highest BCUT2D eigenvalue weighted by Gasteiger charge is 2.11. The van der Waals surface area contributed by atoms with E-state index < -0.39 is 5.95 Å². The van der Waals surface area contributed by atoms with Crippen LogP contribution in [-0.4, -0.2) is 29.4 Å². The molecule has 0 radical (unpaired) electrons. The maximum atomic E-state index is 12.6. The lowest BCUT2D eigenvalue weighted by Crippen LogP contribution is -2.27. The van der Waals surface area contributed by atoms with Crippen molar-refractivity contribution < 1.29 is 9.18 Å². The second-order valence-electron chi connectivity index (χ2n) is 3.80. The van der Waals surface area contributed by atoms with Gasteiger partial charge in [0.25, 0.3) is 5.91 Å². The van der Waals surface area contributed by atoms with E-state index in [1.165, 1.54) is 18.3 Å². The SMILES string of the molecule is CCCCCN(C)C(=O)c1ccc(F)nc1. The lowest BCUT2D eigenvalue weighted by Gasteiger charge is -2.16. The number of aromatic nitrogens is 1. The Kier molecular flexibility index (Phi) is 4.89. The molecule has 88 valence electrons. The lowest BCUT2D eigenvalue weighted by molar-refractivity contribution is 0.0792. The van der Waals surface area contributed by atoms with Gasteiger partial charge in [0.15, 0.2) is 0 Å². The molecule has 0 atom stereocenters. The Morgan fingerprint density at radius 2 is 2.19 bits per heavy atom. The van der Waals surface area contributed by atoms with E-state index in [0.29, 0.717) is 5.56 Å². The van der Waals surface area contributed by atoms with E-state index in [2.05, 4.69) is 11.9 Å². The smallest absolute Gasteiger partial charge is 0.255 e. The van der Waals surface area contributed by atoms with E-state index in [0.717, 1.165) is 25.8 Å². The van der Waals surface area contributed by atoms with Crippen molar-refractivity contribution in [1.82, 2.24) is 9.88 Å². The lowest BCUT2D eigenvalue weighted by atomic mass is 10.2. The van der Waals surface area contributed by atoms with E-state index in [4.69, 9.17) is 0 Å². The Balaban J connectivity index is 2.53. The Labute approximate surface area is 95.3 Å². The van der Waals surface area contributed by atoms with Crippen LogP contribution in [0.1, 0.15) is 36.5 Å². The van der Waals surface area contributed by atoms with Crippen molar-refractivity contribution in [1.29, 1.82) is 0 Å². The van der Waals surface area contributed by atoms with Gasteiger partial charge < -0.3 is 4.90 Å². The normalized spacial score (nSPS) is 10.2. The molecule has 1 heterocycles. The third kappa shape index (κ3) is 3.61. The quantitative estimate of drug-likeness (QED) is 0.568. The van der Waals surface area contributed by atoms with Gasteiger partial charge in [-0.3, -0.25) is 4.79 Å². The first-order valence-corrected chi connectivity index (χ1v) is 5.52. The molecular formula is C12H17FN2O. The van der Waals surface area contributed by atoms with Crippen LogP contribution in [0.25, 0.3) is 0 Å². The number of carbonyl (C=O) groups is 1. The molecule has 3 nitrogen and oxygen atoms in total. The van der Waals surface area contributed by atoms with Gasteiger partial charge in [-0.1, -0.05) is 19.8 Å². The second kappa shape index (κ2) is 6.20. The summed E-state index contributed by atoms with van der Waals surface area (Å²) in [4.78, 5) is 16.9. The highest BCUT2D eigenvalue weighted by atomic mass is 19.1. The van der Waals surface area contributed by atoms with Crippen molar-refractivity contribution in [2.75, 3.05) is 13.6 Å². The molecule has 4 heteroatoms. The summed E-state index contributed by atoms with van der Waals surface area (Å²) in [6.45, 7) is 2.84. The predicted molar refractivity (Wildman–Crippen MR) is 60.7 cm³/mol. The summed E-state index contributed by atoms with van der Waals surface area (Å²) in [7, 11) is 1.75. The minimum atomic E-state index is -0.565. The van der Waals surface area contributed by atoms with Gasteiger partial charge >= 0.3 is 0 Å². The van der Waals surface area contributed by atoms with Gasteiger partial charge in [0.2, 0.25) is 5.95 Å². The molecule has 0 aliphatic heterocycles. The minimum Gasteiger partial charge on any atom is -0.342 e. The summed E-state index contributed by atoms with van der Waals surface area (Å²) in [5.41, 5.74) is 0.431. The van der Waals surface area contributed by atoms with Crippen LogP contribution in [0, 0.1) is 5.95 Å². The first-order chi connectivity index (χ1) is 7.65. The zero-order chi connectivity index (χ0) is 12.0. The van der Waals surface area contributed by atoms with Crippen LogP contribution in [0.5, 0.6) is 0 Å². The molecule has 1 amide bonds. The summed E-state index contributed by atoms with van der Waals surface area (Å²) in [6.07, 6.45) is 4.50. The number of unbranched alkanes of at least 4 members (excludes halogenated alkanes) is 2. The number of halogens is 1.